The molecule has 1 aromatic rings. The molecular formula is C20H29N3O5. The van der Waals surface area contributed by atoms with Crippen LogP contribution < -0.4 is 10.1 Å². The highest BCUT2D eigenvalue weighted by atomic mass is 16.7. The summed E-state index contributed by atoms with van der Waals surface area (Å²) in [5.41, 5.74) is 0.642. The monoisotopic (exact) mass is 391 g/mol. The quantitative estimate of drug-likeness (QED) is 0.752. The second kappa shape index (κ2) is 9.86. The van der Waals surface area contributed by atoms with E-state index in [4.69, 9.17) is 14.2 Å². The molecular weight excluding hydrogens is 362 g/mol. The predicted octanol–water partition coefficient (Wildman–Crippen LogP) is 1.18. The summed E-state index contributed by atoms with van der Waals surface area (Å²) >= 11 is 0. The van der Waals surface area contributed by atoms with Gasteiger partial charge < -0.3 is 24.4 Å². The van der Waals surface area contributed by atoms with Crippen LogP contribution in [0.4, 0.5) is 5.69 Å². The van der Waals surface area contributed by atoms with Crippen molar-refractivity contribution in [2.45, 2.75) is 19.1 Å². The third kappa shape index (κ3) is 5.67. The lowest BCUT2D eigenvalue weighted by atomic mass is 9.96. The van der Waals surface area contributed by atoms with Crippen LogP contribution in [0.2, 0.25) is 0 Å². The Hall–Kier alpha value is -2.16. The average molecular weight is 391 g/mol. The smallest absolute Gasteiger partial charge is 0.243 e. The molecule has 2 saturated heterocycles. The van der Waals surface area contributed by atoms with Crippen molar-refractivity contribution in [3.8, 4) is 5.75 Å². The molecule has 154 valence electrons. The van der Waals surface area contributed by atoms with E-state index < -0.39 is 0 Å². The lowest BCUT2D eigenvalue weighted by molar-refractivity contribution is -0.135. The highest BCUT2D eigenvalue weighted by Gasteiger charge is 2.31. The second-order valence-corrected chi connectivity index (χ2v) is 7.25. The lowest BCUT2D eigenvalue weighted by Crippen LogP contribution is -2.45. The number of benzene rings is 1. The number of hydrogen-bond donors (Lipinski definition) is 1. The van der Waals surface area contributed by atoms with Crippen molar-refractivity contribution < 1.29 is 23.8 Å². The fourth-order valence-electron chi connectivity index (χ4n) is 3.55. The van der Waals surface area contributed by atoms with Gasteiger partial charge in [0.25, 0.3) is 0 Å². The van der Waals surface area contributed by atoms with Gasteiger partial charge in [0.05, 0.1) is 33.4 Å². The molecule has 2 aliphatic rings. The first-order chi connectivity index (χ1) is 13.5. The minimum absolute atomic E-state index is 0.0102. The van der Waals surface area contributed by atoms with Gasteiger partial charge in [0.2, 0.25) is 11.8 Å². The number of amides is 2. The Balaban J connectivity index is 1.39. The van der Waals surface area contributed by atoms with Crippen LogP contribution in [0.5, 0.6) is 5.75 Å². The number of likely N-dealkylation sites (tertiary alicyclic amines) is 1. The fourth-order valence-corrected chi connectivity index (χ4v) is 3.55. The number of methoxy groups -OCH3 is 1. The van der Waals surface area contributed by atoms with Gasteiger partial charge in [-0.25, -0.2) is 0 Å². The molecule has 2 aliphatic heterocycles. The first-order valence-electron chi connectivity index (χ1n) is 9.68. The van der Waals surface area contributed by atoms with Crippen molar-refractivity contribution in [1.29, 1.82) is 0 Å². The maximum atomic E-state index is 12.5. The maximum Gasteiger partial charge on any atom is 0.243 e. The number of ether oxygens (including phenoxy) is 3. The van der Waals surface area contributed by atoms with E-state index in [-0.39, 0.29) is 24.6 Å². The molecule has 28 heavy (non-hydrogen) atoms. The number of likely N-dealkylation sites (N-methyl/N-ethyl adjacent to an activating group) is 1. The summed E-state index contributed by atoms with van der Waals surface area (Å²) < 4.78 is 16.3. The SMILES string of the molecule is COc1cccc(NC(=O)CN(C)C(=O)CN2CCC(C3OCCO3)CC2)c1. The summed E-state index contributed by atoms with van der Waals surface area (Å²) in [5.74, 6) is 0.769. The first-order valence-corrected chi connectivity index (χ1v) is 9.68. The zero-order valence-corrected chi connectivity index (χ0v) is 16.6. The zero-order chi connectivity index (χ0) is 19.9. The molecule has 1 aromatic carbocycles. The molecule has 0 aromatic heterocycles. The third-order valence-corrected chi connectivity index (χ3v) is 5.18. The normalized spacial score (nSPS) is 18.8. The van der Waals surface area contributed by atoms with Crippen LogP contribution in [0.3, 0.4) is 0 Å². The molecule has 1 N–H and O–H groups in total. The number of anilines is 1. The first kappa shape index (κ1) is 20.6. The number of carbonyl (C=O) groups excluding carboxylic acids is 2. The molecule has 3 rings (SSSR count). The molecule has 2 fully saturated rings. The summed E-state index contributed by atoms with van der Waals surface area (Å²) in [6.07, 6.45) is 1.83. The van der Waals surface area contributed by atoms with Crippen molar-refractivity contribution in [1.82, 2.24) is 9.80 Å². The molecule has 0 atom stereocenters. The van der Waals surface area contributed by atoms with Crippen LogP contribution in [0.1, 0.15) is 12.8 Å². The Labute approximate surface area is 165 Å². The number of nitrogens with one attached hydrogen (secondary N) is 1. The molecule has 8 nitrogen and oxygen atoms in total. The Bertz CT molecular complexity index is 670. The molecule has 8 heteroatoms. The Kier molecular flexibility index (Phi) is 7.24. The van der Waals surface area contributed by atoms with E-state index in [1.807, 2.05) is 0 Å². The van der Waals surface area contributed by atoms with Gasteiger partial charge in [-0.15, -0.1) is 0 Å². The van der Waals surface area contributed by atoms with Gasteiger partial charge in [0, 0.05) is 24.7 Å². The second-order valence-electron chi connectivity index (χ2n) is 7.25. The standard InChI is InChI=1S/C20H29N3O5/c1-22(13-18(24)21-16-4-3-5-17(12-16)26-2)19(25)14-23-8-6-15(7-9-23)20-27-10-11-28-20/h3-5,12,15,20H,6-11,13-14H2,1-2H3,(H,21,24). The number of carbonyl (C=O) groups is 2. The third-order valence-electron chi connectivity index (χ3n) is 5.18. The van der Waals surface area contributed by atoms with Crippen LogP contribution in [0.25, 0.3) is 0 Å². The van der Waals surface area contributed by atoms with Crippen LogP contribution in [0.15, 0.2) is 24.3 Å². The van der Waals surface area contributed by atoms with Gasteiger partial charge in [-0.3, -0.25) is 14.5 Å². The number of nitrogens with zero attached hydrogens (tertiary/aromatic N) is 2. The van der Waals surface area contributed by atoms with Crippen LogP contribution in [0, 0.1) is 5.92 Å². The van der Waals surface area contributed by atoms with Crippen molar-refractivity contribution in [2.24, 2.45) is 5.92 Å². The Morgan fingerprint density at radius 1 is 1.25 bits per heavy atom. The van der Waals surface area contributed by atoms with E-state index in [1.165, 1.54) is 4.90 Å². The average Bonchev–Trinajstić information content (AvgIpc) is 3.23. The summed E-state index contributed by atoms with van der Waals surface area (Å²) in [6.45, 7) is 3.35. The van der Waals surface area contributed by atoms with Crippen LogP contribution in [-0.4, -0.2) is 81.5 Å². The molecule has 0 spiro atoms. The summed E-state index contributed by atoms with van der Waals surface area (Å²) in [4.78, 5) is 28.3. The highest BCUT2D eigenvalue weighted by molar-refractivity contribution is 5.94. The number of hydrogen-bond acceptors (Lipinski definition) is 6. The van der Waals surface area contributed by atoms with E-state index in [9.17, 15) is 9.59 Å². The van der Waals surface area contributed by atoms with Crippen molar-refractivity contribution in [3.63, 3.8) is 0 Å². The van der Waals surface area contributed by atoms with Gasteiger partial charge >= 0.3 is 0 Å². The summed E-state index contributed by atoms with van der Waals surface area (Å²) in [6, 6.07) is 7.12. The molecule has 2 amide bonds. The van der Waals surface area contributed by atoms with Gasteiger partial charge in [0.1, 0.15) is 5.75 Å². The fraction of sp³-hybridized carbons (Fsp3) is 0.600. The summed E-state index contributed by atoms with van der Waals surface area (Å²) in [5, 5.41) is 2.79. The van der Waals surface area contributed by atoms with Crippen molar-refractivity contribution in [2.75, 3.05) is 58.9 Å². The molecule has 0 bridgehead atoms. The van der Waals surface area contributed by atoms with Gasteiger partial charge in [-0.2, -0.15) is 0 Å². The van der Waals surface area contributed by atoms with E-state index in [0.29, 0.717) is 37.1 Å². The minimum Gasteiger partial charge on any atom is -0.497 e. The number of piperidine rings is 1. The Morgan fingerprint density at radius 2 is 1.96 bits per heavy atom. The van der Waals surface area contributed by atoms with Crippen molar-refractivity contribution in [3.05, 3.63) is 24.3 Å². The molecule has 0 unspecified atom stereocenters. The minimum atomic E-state index is -0.238. The lowest BCUT2D eigenvalue weighted by Gasteiger charge is -2.34. The number of rotatable bonds is 7. The van der Waals surface area contributed by atoms with Gasteiger partial charge in [-0.1, -0.05) is 6.07 Å². The van der Waals surface area contributed by atoms with Crippen LogP contribution >= 0.6 is 0 Å². The van der Waals surface area contributed by atoms with E-state index in [2.05, 4.69) is 10.2 Å². The maximum absolute atomic E-state index is 12.5. The van der Waals surface area contributed by atoms with Gasteiger partial charge in [-0.05, 0) is 38.1 Å². The largest absolute Gasteiger partial charge is 0.497 e. The predicted molar refractivity (Wildman–Crippen MR) is 104 cm³/mol. The zero-order valence-electron chi connectivity index (χ0n) is 16.6. The molecule has 0 aliphatic carbocycles. The van der Waals surface area contributed by atoms with E-state index in [0.717, 1.165) is 25.9 Å². The van der Waals surface area contributed by atoms with Crippen LogP contribution in [-0.2, 0) is 19.1 Å². The molecule has 0 radical (unpaired) electrons. The van der Waals surface area contributed by atoms with E-state index in [1.54, 1.807) is 38.4 Å². The molecule has 0 saturated carbocycles. The van der Waals surface area contributed by atoms with Gasteiger partial charge in [0.15, 0.2) is 6.29 Å². The Morgan fingerprint density at radius 3 is 2.64 bits per heavy atom. The highest BCUT2D eigenvalue weighted by Crippen LogP contribution is 2.25. The van der Waals surface area contributed by atoms with Crippen molar-refractivity contribution >= 4 is 17.5 Å². The topological polar surface area (TPSA) is 80.3 Å². The van der Waals surface area contributed by atoms with E-state index >= 15 is 0 Å². The summed E-state index contributed by atoms with van der Waals surface area (Å²) in [7, 11) is 3.23. The molecule has 2 heterocycles.